The zero-order chi connectivity index (χ0) is 47.4. The van der Waals surface area contributed by atoms with Crippen LogP contribution in [0.5, 0.6) is 0 Å². The number of carbonyl (C=O) groups is 2. The standard InChI is InChI=1S/C56H108N2O7/c1-3-5-7-9-11-13-14-15-16-17-18-19-20-21-22-24-26-28-39-52-65-56(63)43-34-31-37-45-57(44-36-30-33-42-55(61)62)47-40-48-58(49-50-59)46-35-29-32-41-54(53-60)64-51-38-27-25-23-12-10-8-6-4-2/h59H,3-52H2,1-2H3,(H,61,62). The molecule has 0 spiro atoms. The minimum absolute atomic E-state index is 0.0648. The molecule has 0 fully saturated rings. The van der Waals surface area contributed by atoms with Crippen LogP contribution in [0.2, 0.25) is 0 Å². The van der Waals surface area contributed by atoms with E-state index in [-0.39, 0.29) is 19.0 Å². The molecule has 9 heteroatoms. The first kappa shape index (κ1) is 63.1. The highest BCUT2D eigenvalue weighted by Crippen LogP contribution is 2.16. The van der Waals surface area contributed by atoms with Gasteiger partial charge in [-0.05, 0) is 90.5 Å². The highest BCUT2D eigenvalue weighted by Gasteiger charge is 2.10. The Morgan fingerprint density at radius 3 is 1.09 bits per heavy atom. The number of allylic oxidation sites excluding steroid dienone is 1. The molecule has 0 aliphatic carbocycles. The third-order valence-corrected chi connectivity index (χ3v) is 13.1. The Morgan fingerprint density at radius 1 is 0.385 bits per heavy atom. The predicted molar refractivity (Wildman–Crippen MR) is 274 cm³/mol. The molecular formula is C56H108N2O7. The van der Waals surface area contributed by atoms with E-state index < -0.39 is 5.97 Å². The van der Waals surface area contributed by atoms with Crippen LogP contribution in [-0.2, 0) is 23.9 Å². The molecule has 0 amide bonds. The highest BCUT2D eigenvalue weighted by atomic mass is 16.5. The lowest BCUT2D eigenvalue weighted by Crippen LogP contribution is -2.33. The Kier molecular flexibility index (Phi) is 51.5. The van der Waals surface area contributed by atoms with Crippen molar-refractivity contribution in [1.82, 2.24) is 9.80 Å². The number of aliphatic carboxylic acids is 1. The molecule has 0 rings (SSSR count). The third-order valence-electron chi connectivity index (χ3n) is 13.1. The van der Waals surface area contributed by atoms with Gasteiger partial charge >= 0.3 is 11.9 Å². The van der Waals surface area contributed by atoms with Gasteiger partial charge in [0.1, 0.15) is 0 Å². The van der Waals surface area contributed by atoms with Crippen molar-refractivity contribution in [2.75, 3.05) is 59.1 Å². The van der Waals surface area contributed by atoms with Gasteiger partial charge in [-0.3, -0.25) is 9.59 Å². The van der Waals surface area contributed by atoms with E-state index in [1.165, 1.54) is 154 Å². The van der Waals surface area contributed by atoms with Crippen LogP contribution in [0.25, 0.3) is 0 Å². The molecule has 0 aromatic rings. The molecule has 0 saturated carbocycles. The van der Waals surface area contributed by atoms with E-state index in [0.717, 1.165) is 116 Å². The van der Waals surface area contributed by atoms with Crippen LogP contribution in [0.15, 0.2) is 5.76 Å². The van der Waals surface area contributed by atoms with Crippen molar-refractivity contribution in [3.8, 4) is 0 Å². The topological polar surface area (TPSA) is 117 Å². The van der Waals surface area contributed by atoms with Crippen LogP contribution < -0.4 is 0 Å². The molecule has 0 aliphatic heterocycles. The van der Waals surface area contributed by atoms with Crippen molar-refractivity contribution in [2.24, 2.45) is 0 Å². The average Bonchev–Trinajstić information content (AvgIpc) is 3.30. The molecule has 384 valence electrons. The van der Waals surface area contributed by atoms with E-state index in [4.69, 9.17) is 14.6 Å². The summed E-state index contributed by atoms with van der Waals surface area (Å²) in [7, 11) is 0. The Bertz CT molecular complexity index is 1050. The number of hydrogen-bond acceptors (Lipinski definition) is 8. The van der Waals surface area contributed by atoms with Crippen LogP contribution in [0.3, 0.4) is 0 Å². The maximum atomic E-state index is 12.4. The molecule has 0 aromatic heterocycles. The lowest BCUT2D eigenvalue weighted by atomic mass is 10.0. The molecule has 65 heavy (non-hydrogen) atoms. The molecule has 0 saturated heterocycles. The number of ether oxygens (including phenoxy) is 2. The van der Waals surface area contributed by atoms with Gasteiger partial charge in [-0.25, -0.2) is 4.79 Å². The van der Waals surface area contributed by atoms with Gasteiger partial charge in [0, 0.05) is 25.8 Å². The molecule has 0 aliphatic rings. The molecule has 0 bridgehead atoms. The summed E-state index contributed by atoms with van der Waals surface area (Å²) in [6, 6.07) is 0. The monoisotopic (exact) mass is 921 g/mol. The predicted octanol–water partition coefficient (Wildman–Crippen LogP) is 15.0. The number of aliphatic hydroxyl groups is 1. The number of aliphatic hydroxyl groups excluding tert-OH is 1. The third kappa shape index (κ3) is 49.8. The molecule has 0 radical (unpaired) electrons. The average molecular weight is 921 g/mol. The fourth-order valence-electron chi connectivity index (χ4n) is 8.90. The van der Waals surface area contributed by atoms with E-state index in [9.17, 15) is 19.5 Å². The second kappa shape index (κ2) is 53.0. The second-order valence-corrected chi connectivity index (χ2v) is 19.4. The van der Waals surface area contributed by atoms with Crippen molar-refractivity contribution in [1.29, 1.82) is 0 Å². The van der Waals surface area contributed by atoms with Gasteiger partial charge in [-0.15, -0.1) is 0 Å². The summed E-state index contributed by atoms with van der Waals surface area (Å²) in [6.45, 7) is 11.2. The van der Waals surface area contributed by atoms with Gasteiger partial charge in [0.2, 0.25) is 0 Å². The number of hydrogen-bond donors (Lipinski definition) is 2. The normalized spacial score (nSPS) is 11.5. The van der Waals surface area contributed by atoms with Crippen LogP contribution in [0, 0.1) is 0 Å². The first-order valence-corrected chi connectivity index (χ1v) is 28.3. The van der Waals surface area contributed by atoms with E-state index in [1.54, 1.807) is 0 Å². The molecule has 2 N–H and O–H groups in total. The van der Waals surface area contributed by atoms with Gasteiger partial charge in [0.25, 0.3) is 0 Å². The van der Waals surface area contributed by atoms with Crippen LogP contribution in [0.4, 0.5) is 0 Å². The summed E-state index contributed by atoms with van der Waals surface area (Å²) in [4.78, 5) is 39.6. The minimum atomic E-state index is -0.728. The Labute approximate surface area is 402 Å². The Hall–Kier alpha value is -1.93. The van der Waals surface area contributed by atoms with Crippen LogP contribution in [0.1, 0.15) is 277 Å². The summed E-state index contributed by atoms with van der Waals surface area (Å²) >= 11 is 0. The SMILES string of the molecule is CCCCCCCCCCCCCCCCCCCCCOC(=O)CCCCCN(CCCCCC(=O)O)CCCN(CCO)CCCCCC(=C=O)OCCCCCCCCCCC. The number of nitrogens with zero attached hydrogens (tertiary/aromatic N) is 2. The van der Waals surface area contributed by atoms with Crippen molar-refractivity contribution in [3.63, 3.8) is 0 Å². The Morgan fingerprint density at radius 2 is 0.708 bits per heavy atom. The largest absolute Gasteiger partial charge is 0.487 e. The van der Waals surface area contributed by atoms with E-state index >= 15 is 0 Å². The maximum absolute atomic E-state index is 12.4. The summed E-state index contributed by atoms with van der Waals surface area (Å²) in [5.74, 6) is 1.69. The lowest BCUT2D eigenvalue weighted by molar-refractivity contribution is -0.144. The Balaban J connectivity index is 4.11. The zero-order valence-corrected chi connectivity index (χ0v) is 43.2. The number of carboxylic acid groups (broad SMARTS) is 1. The van der Waals surface area contributed by atoms with Gasteiger partial charge in [0.05, 0.1) is 19.8 Å². The van der Waals surface area contributed by atoms with Crippen molar-refractivity contribution in [2.45, 2.75) is 277 Å². The van der Waals surface area contributed by atoms with Crippen LogP contribution in [-0.4, -0.2) is 97.0 Å². The minimum Gasteiger partial charge on any atom is -0.487 e. The second-order valence-electron chi connectivity index (χ2n) is 19.4. The maximum Gasteiger partial charge on any atom is 0.305 e. The lowest BCUT2D eigenvalue weighted by Gasteiger charge is -2.25. The summed E-state index contributed by atoms with van der Waals surface area (Å²) < 4.78 is 11.3. The fraction of sp³-hybridized carbons (Fsp3) is 0.929. The number of unbranched alkanes of at least 4 members (excludes halogenated alkanes) is 32. The number of rotatable bonds is 55. The smallest absolute Gasteiger partial charge is 0.305 e. The fourth-order valence-corrected chi connectivity index (χ4v) is 8.90. The number of carboxylic acids is 1. The van der Waals surface area contributed by atoms with Crippen LogP contribution >= 0.6 is 0 Å². The van der Waals surface area contributed by atoms with Gasteiger partial charge < -0.3 is 29.5 Å². The quantitative estimate of drug-likeness (QED) is 0.0266. The van der Waals surface area contributed by atoms with Crippen molar-refractivity contribution >= 4 is 17.9 Å². The summed E-state index contributed by atoms with van der Waals surface area (Å²) in [5.41, 5.74) is 0. The van der Waals surface area contributed by atoms with Gasteiger partial charge in [-0.1, -0.05) is 200 Å². The molecule has 9 nitrogen and oxygen atoms in total. The first-order chi connectivity index (χ1) is 32.0. The first-order valence-electron chi connectivity index (χ1n) is 28.3. The number of carbonyl (C=O) groups excluding carboxylic acids is 2. The van der Waals surface area contributed by atoms with Gasteiger partial charge in [0.15, 0.2) is 11.7 Å². The molecule has 0 heterocycles. The summed E-state index contributed by atoms with van der Waals surface area (Å²) in [5, 5.41) is 18.8. The van der Waals surface area contributed by atoms with Crippen molar-refractivity contribution in [3.05, 3.63) is 5.76 Å². The zero-order valence-electron chi connectivity index (χ0n) is 43.2. The molecule has 0 aromatic carbocycles. The highest BCUT2D eigenvalue weighted by molar-refractivity contribution is 5.69. The molecule has 0 atom stereocenters. The summed E-state index contributed by atoms with van der Waals surface area (Å²) in [6.07, 6.45) is 47.9. The molecule has 0 unspecified atom stereocenters. The van der Waals surface area contributed by atoms with E-state index in [0.29, 0.717) is 44.8 Å². The van der Waals surface area contributed by atoms with E-state index in [2.05, 4.69) is 23.6 Å². The van der Waals surface area contributed by atoms with E-state index in [1.807, 2.05) is 5.94 Å². The van der Waals surface area contributed by atoms with Crippen molar-refractivity contribution < 1.29 is 34.1 Å². The number of esters is 1. The molecular weight excluding hydrogens is 813 g/mol. The van der Waals surface area contributed by atoms with Gasteiger partial charge in [-0.2, -0.15) is 0 Å².